The molecule has 0 bridgehead atoms. The number of aryl methyl sites for hydroxylation is 1. The molecular weight excluding hydrogens is 426 g/mol. The summed E-state index contributed by atoms with van der Waals surface area (Å²) in [5.41, 5.74) is 2.67. The maximum absolute atomic E-state index is 13.1. The number of imidazole rings is 1. The topological polar surface area (TPSA) is 105 Å². The van der Waals surface area contributed by atoms with Gasteiger partial charge in [0.15, 0.2) is 20.9 Å². The highest BCUT2D eigenvalue weighted by Crippen LogP contribution is 2.32. The minimum atomic E-state index is -3.57. The van der Waals surface area contributed by atoms with E-state index in [9.17, 15) is 13.6 Å². The molecule has 9 heteroatoms. The van der Waals surface area contributed by atoms with Gasteiger partial charge in [-0.25, -0.2) is 9.97 Å². The zero-order valence-electron chi connectivity index (χ0n) is 18.1. The first-order valence-corrected chi connectivity index (χ1v) is 12.5. The van der Waals surface area contributed by atoms with Gasteiger partial charge in [-0.1, -0.05) is 21.9 Å². The molecule has 1 aromatic carbocycles. The fourth-order valence-electron chi connectivity index (χ4n) is 4.70. The number of fused-ring (bicyclic) bond motifs is 1. The van der Waals surface area contributed by atoms with E-state index in [1.807, 2.05) is 24.0 Å². The van der Waals surface area contributed by atoms with Crippen LogP contribution in [0, 0.1) is 12.8 Å². The molecule has 0 aliphatic carbocycles. The fraction of sp³-hybridized carbons (Fsp3) is 0.435. The number of hydrogen-bond acceptors (Lipinski definition) is 5. The second-order valence-electron chi connectivity index (χ2n) is 8.76. The molecule has 2 saturated heterocycles. The SMILES string of the molecule is Cc1ccc([S+](=O)([O-])N2CCC(C(=O)N3CCC(c4nc5ncccc5[nH]4)CC3)C2)cc1. The Morgan fingerprint density at radius 1 is 1.12 bits per heavy atom. The predicted molar refractivity (Wildman–Crippen MR) is 120 cm³/mol. The summed E-state index contributed by atoms with van der Waals surface area (Å²) in [5.74, 6) is 0.996. The third-order valence-corrected chi connectivity index (χ3v) is 8.51. The lowest BCUT2D eigenvalue weighted by atomic mass is 9.95. The monoisotopic (exact) mass is 453 g/mol. The van der Waals surface area contributed by atoms with Gasteiger partial charge >= 0.3 is 0 Å². The van der Waals surface area contributed by atoms with Crippen LogP contribution in [0.25, 0.3) is 11.2 Å². The highest BCUT2D eigenvalue weighted by atomic mass is 32.3. The Morgan fingerprint density at radius 3 is 2.59 bits per heavy atom. The zero-order valence-corrected chi connectivity index (χ0v) is 18.9. The maximum Gasteiger partial charge on any atom is 0.227 e. The number of aromatic amines is 1. The molecule has 168 valence electrons. The van der Waals surface area contributed by atoms with Crippen LogP contribution in [0.15, 0.2) is 47.5 Å². The molecular formula is C23H27N5O3S. The Labute approximate surface area is 188 Å². The zero-order chi connectivity index (χ0) is 22.3. The molecule has 0 saturated carbocycles. The van der Waals surface area contributed by atoms with Crippen molar-refractivity contribution >= 4 is 27.5 Å². The number of piperidine rings is 1. The van der Waals surface area contributed by atoms with Crippen LogP contribution in [0.3, 0.4) is 0 Å². The number of benzene rings is 1. The van der Waals surface area contributed by atoms with Gasteiger partial charge in [-0.3, -0.25) is 4.79 Å². The highest BCUT2D eigenvalue weighted by Gasteiger charge is 2.41. The van der Waals surface area contributed by atoms with Crippen LogP contribution in [-0.4, -0.2) is 60.8 Å². The maximum atomic E-state index is 13.1. The molecule has 2 aliphatic heterocycles. The van der Waals surface area contributed by atoms with Crippen molar-refractivity contribution in [2.45, 2.75) is 37.0 Å². The lowest BCUT2D eigenvalue weighted by Crippen LogP contribution is -2.43. The smallest absolute Gasteiger partial charge is 0.227 e. The standard InChI is InChI=1S/C23H27N5O3S/c1-16-4-6-19(7-5-16)32(30,31)28-14-10-18(15-28)23(29)27-12-8-17(9-13-27)21-25-20-3-2-11-24-22(20)26-21/h2-7,11,17-18H,8-10,12-15H2,1H3,(H-,24,25,26,30,31). The number of aromatic nitrogens is 3. The summed E-state index contributed by atoms with van der Waals surface area (Å²) in [7, 11) is -3.57. The molecule has 1 N–H and O–H groups in total. The average molecular weight is 454 g/mol. The summed E-state index contributed by atoms with van der Waals surface area (Å²) in [5, 5.41) is 0. The van der Waals surface area contributed by atoms with Gasteiger partial charge in [0.2, 0.25) is 5.91 Å². The Balaban J connectivity index is 1.19. The van der Waals surface area contributed by atoms with E-state index in [0.29, 0.717) is 26.1 Å². The first-order valence-electron chi connectivity index (χ1n) is 11.1. The largest absolute Gasteiger partial charge is 0.593 e. The fourth-order valence-corrected chi connectivity index (χ4v) is 6.20. The number of H-pyrrole nitrogens is 1. The molecule has 0 spiro atoms. The first kappa shape index (κ1) is 21.2. The van der Waals surface area contributed by atoms with Gasteiger partial charge in [-0.15, -0.1) is 4.31 Å². The highest BCUT2D eigenvalue weighted by molar-refractivity contribution is 7.95. The van der Waals surface area contributed by atoms with E-state index >= 15 is 0 Å². The average Bonchev–Trinajstić information content (AvgIpc) is 3.47. The van der Waals surface area contributed by atoms with E-state index in [0.717, 1.165) is 35.4 Å². The molecule has 4 heterocycles. The van der Waals surface area contributed by atoms with Crippen LogP contribution in [0.5, 0.6) is 0 Å². The van der Waals surface area contributed by atoms with E-state index in [1.165, 1.54) is 4.31 Å². The van der Waals surface area contributed by atoms with Crippen molar-refractivity contribution < 1.29 is 13.6 Å². The molecule has 0 radical (unpaired) electrons. The van der Waals surface area contributed by atoms with E-state index in [-0.39, 0.29) is 29.2 Å². The Hall–Kier alpha value is -2.62. The molecule has 2 aliphatic rings. The van der Waals surface area contributed by atoms with Gasteiger partial charge in [-0.2, -0.15) is 0 Å². The minimum Gasteiger partial charge on any atom is -0.593 e. The number of pyridine rings is 1. The number of likely N-dealkylation sites (tertiary alicyclic amines) is 1. The summed E-state index contributed by atoms with van der Waals surface area (Å²) in [6.45, 7) is 3.89. The van der Waals surface area contributed by atoms with E-state index in [4.69, 9.17) is 0 Å². The Morgan fingerprint density at radius 2 is 1.88 bits per heavy atom. The molecule has 2 aromatic heterocycles. The van der Waals surface area contributed by atoms with Crippen molar-refractivity contribution in [1.82, 2.24) is 24.2 Å². The number of carbonyl (C=O) groups excluding carboxylic acids is 1. The van der Waals surface area contributed by atoms with Gasteiger partial charge in [0.1, 0.15) is 5.82 Å². The molecule has 2 unspecified atom stereocenters. The quantitative estimate of drug-likeness (QED) is 0.612. The van der Waals surface area contributed by atoms with Gasteiger partial charge in [0, 0.05) is 31.7 Å². The van der Waals surface area contributed by atoms with Crippen molar-refractivity contribution in [3.05, 3.63) is 54.0 Å². The lowest BCUT2D eigenvalue weighted by molar-refractivity contribution is -0.136. The second kappa shape index (κ2) is 8.38. The summed E-state index contributed by atoms with van der Waals surface area (Å²) in [6, 6.07) is 10.7. The van der Waals surface area contributed by atoms with Gasteiger partial charge < -0.3 is 14.4 Å². The number of carbonyl (C=O) groups is 1. The number of amides is 1. The minimum absolute atomic E-state index is 0.0660. The number of rotatable bonds is 4. The predicted octanol–water partition coefficient (Wildman–Crippen LogP) is 2.90. The van der Waals surface area contributed by atoms with Crippen molar-refractivity contribution in [1.29, 1.82) is 0 Å². The molecule has 2 atom stereocenters. The summed E-state index contributed by atoms with van der Waals surface area (Å²) in [4.78, 5) is 27.5. The molecule has 1 amide bonds. The number of sulfonamides is 1. The lowest BCUT2D eigenvalue weighted by Gasteiger charge is -2.33. The molecule has 8 nitrogen and oxygen atoms in total. The van der Waals surface area contributed by atoms with Crippen LogP contribution < -0.4 is 0 Å². The number of nitrogens with one attached hydrogen (secondary N) is 1. The van der Waals surface area contributed by atoms with Crippen LogP contribution >= 0.6 is 0 Å². The van der Waals surface area contributed by atoms with Crippen LogP contribution in [-0.2, 0) is 19.4 Å². The van der Waals surface area contributed by atoms with Gasteiger partial charge in [-0.05, 0) is 50.5 Å². The molecule has 2 fully saturated rings. The third-order valence-electron chi connectivity index (χ3n) is 6.63. The Kier molecular flexibility index (Phi) is 5.56. The van der Waals surface area contributed by atoms with E-state index in [2.05, 4.69) is 15.0 Å². The summed E-state index contributed by atoms with van der Waals surface area (Å²) >= 11 is 0. The number of hydrogen-bond donors (Lipinski definition) is 1. The first-order chi connectivity index (χ1) is 15.4. The normalized spacial score (nSPS) is 22.3. The van der Waals surface area contributed by atoms with E-state index < -0.39 is 10.4 Å². The molecule has 3 aromatic rings. The van der Waals surface area contributed by atoms with Gasteiger partial charge in [0.05, 0.1) is 18.0 Å². The summed E-state index contributed by atoms with van der Waals surface area (Å²) in [6.07, 6.45) is 3.98. The van der Waals surface area contributed by atoms with Crippen molar-refractivity contribution in [3.8, 4) is 0 Å². The summed E-state index contributed by atoms with van der Waals surface area (Å²) < 4.78 is 27.4. The van der Waals surface area contributed by atoms with Crippen molar-refractivity contribution in [2.75, 3.05) is 26.2 Å². The second-order valence-corrected chi connectivity index (χ2v) is 10.7. The van der Waals surface area contributed by atoms with Crippen LogP contribution in [0.2, 0.25) is 0 Å². The van der Waals surface area contributed by atoms with Crippen molar-refractivity contribution in [3.63, 3.8) is 0 Å². The van der Waals surface area contributed by atoms with Crippen LogP contribution in [0.4, 0.5) is 0 Å². The molecule has 32 heavy (non-hydrogen) atoms. The molecule has 5 rings (SSSR count). The van der Waals surface area contributed by atoms with Crippen molar-refractivity contribution in [2.24, 2.45) is 5.92 Å². The number of nitrogens with zero attached hydrogens (tertiary/aromatic N) is 4. The third kappa shape index (κ3) is 3.96. The Bertz CT molecular complexity index is 1140. The van der Waals surface area contributed by atoms with E-state index in [1.54, 1.807) is 30.5 Å². The van der Waals surface area contributed by atoms with Gasteiger partial charge in [0.25, 0.3) is 0 Å². The van der Waals surface area contributed by atoms with Crippen LogP contribution in [0.1, 0.15) is 36.6 Å².